The Morgan fingerprint density at radius 2 is 1.85 bits per heavy atom. The molecule has 1 rings (SSSR count). The maximum absolute atomic E-state index is 6.01. The molecule has 1 N–H and O–H groups in total. The average Bonchev–Trinajstić information content (AvgIpc) is 2.45. The van der Waals surface area contributed by atoms with Gasteiger partial charge in [0, 0.05) is 13.7 Å². The number of rotatable bonds is 9. The summed E-state index contributed by atoms with van der Waals surface area (Å²) in [6.07, 6.45) is 1.02. The highest BCUT2D eigenvalue weighted by molar-refractivity contribution is 5.19. The second-order valence-corrected chi connectivity index (χ2v) is 5.74. The normalized spacial score (nSPS) is 15.1. The van der Waals surface area contributed by atoms with Crippen LogP contribution in [0.5, 0.6) is 0 Å². The van der Waals surface area contributed by atoms with Gasteiger partial charge in [0.15, 0.2) is 0 Å². The molecule has 0 saturated heterocycles. The van der Waals surface area contributed by atoms with Gasteiger partial charge in [-0.1, -0.05) is 37.3 Å². The van der Waals surface area contributed by atoms with Gasteiger partial charge in [-0.25, -0.2) is 0 Å². The molecule has 3 heteroatoms. The second kappa shape index (κ2) is 8.40. The number of benzene rings is 1. The van der Waals surface area contributed by atoms with Crippen LogP contribution in [0.4, 0.5) is 0 Å². The van der Waals surface area contributed by atoms with Gasteiger partial charge < -0.3 is 14.8 Å². The summed E-state index contributed by atoms with van der Waals surface area (Å²) in [4.78, 5) is 0. The number of ether oxygens (including phenoxy) is 2. The van der Waals surface area contributed by atoms with E-state index in [0.717, 1.165) is 13.0 Å². The Balaban J connectivity index is 2.55. The first-order chi connectivity index (χ1) is 9.50. The predicted molar refractivity (Wildman–Crippen MR) is 84.0 cm³/mol. The first-order valence-electron chi connectivity index (χ1n) is 7.45. The van der Waals surface area contributed by atoms with Gasteiger partial charge in [-0.3, -0.25) is 0 Å². The fraction of sp³-hybridized carbons (Fsp3) is 0.647. The molecular formula is C17H29NO2. The van der Waals surface area contributed by atoms with Crippen LogP contribution in [0.25, 0.3) is 0 Å². The fourth-order valence-electron chi connectivity index (χ4n) is 2.12. The molecule has 0 fully saturated rings. The Morgan fingerprint density at radius 3 is 2.40 bits per heavy atom. The van der Waals surface area contributed by atoms with Crippen LogP contribution in [0.3, 0.4) is 0 Å². The highest BCUT2D eigenvalue weighted by Gasteiger charge is 2.21. The number of nitrogens with one attached hydrogen (secondary N) is 1. The van der Waals surface area contributed by atoms with Crippen LogP contribution in [0, 0.1) is 0 Å². The van der Waals surface area contributed by atoms with Crippen molar-refractivity contribution in [3.05, 3.63) is 35.9 Å². The summed E-state index contributed by atoms with van der Waals surface area (Å²) in [5.74, 6) is 0. The maximum Gasteiger partial charge on any atom is 0.0741 e. The van der Waals surface area contributed by atoms with E-state index in [4.69, 9.17) is 9.47 Å². The lowest BCUT2D eigenvalue weighted by atomic mass is 10.0. The summed E-state index contributed by atoms with van der Waals surface area (Å²) in [6, 6.07) is 10.7. The van der Waals surface area contributed by atoms with Crippen molar-refractivity contribution < 1.29 is 9.47 Å². The summed E-state index contributed by atoms with van der Waals surface area (Å²) >= 11 is 0. The van der Waals surface area contributed by atoms with Crippen LogP contribution < -0.4 is 5.32 Å². The largest absolute Gasteiger partial charge is 0.379 e. The third-order valence-corrected chi connectivity index (χ3v) is 3.69. The lowest BCUT2D eigenvalue weighted by Crippen LogP contribution is -2.33. The van der Waals surface area contributed by atoms with Crippen molar-refractivity contribution >= 4 is 0 Å². The summed E-state index contributed by atoms with van der Waals surface area (Å²) in [5.41, 5.74) is 1.15. The molecule has 1 aromatic carbocycles. The zero-order chi connectivity index (χ0) is 15.0. The van der Waals surface area contributed by atoms with Crippen LogP contribution in [-0.2, 0) is 9.47 Å². The molecule has 0 aliphatic rings. The Labute approximate surface area is 123 Å². The molecule has 20 heavy (non-hydrogen) atoms. The van der Waals surface area contributed by atoms with Crippen LogP contribution >= 0.6 is 0 Å². The Bertz CT molecular complexity index is 365. The van der Waals surface area contributed by atoms with E-state index in [1.807, 2.05) is 6.07 Å². The lowest BCUT2D eigenvalue weighted by molar-refractivity contribution is -0.0305. The average molecular weight is 279 g/mol. The molecule has 3 nitrogen and oxygen atoms in total. The molecule has 2 unspecified atom stereocenters. The highest BCUT2D eigenvalue weighted by atomic mass is 16.5. The fourth-order valence-corrected chi connectivity index (χ4v) is 2.12. The van der Waals surface area contributed by atoms with E-state index in [1.54, 1.807) is 7.11 Å². The van der Waals surface area contributed by atoms with Crippen LogP contribution in [0.15, 0.2) is 30.3 Å². The minimum atomic E-state index is -0.125. The number of likely N-dealkylation sites (N-methyl/N-ethyl adjacent to an activating group) is 1. The first kappa shape index (κ1) is 17.2. The van der Waals surface area contributed by atoms with E-state index >= 15 is 0 Å². The van der Waals surface area contributed by atoms with E-state index in [2.05, 4.69) is 57.3 Å². The van der Waals surface area contributed by atoms with Crippen molar-refractivity contribution in [1.82, 2.24) is 5.32 Å². The molecule has 114 valence electrons. The minimum absolute atomic E-state index is 0.125. The molecule has 2 atom stereocenters. The quantitative estimate of drug-likeness (QED) is 0.750. The van der Waals surface area contributed by atoms with E-state index in [-0.39, 0.29) is 17.7 Å². The van der Waals surface area contributed by atoms with Gasteiger partial charge in [0.2, 0.25) is 0 Å². The molecule has 0 heterocycles. The molecule has 0 bridgehead atoms. The Hall–Kier alpha value is -0.900. The van der Waals surface area contributed by atoms with Gasteiger partial charge >= 0.3 is 0 Å². The molecule has 0 saturated carbocycles. The van der Waals surface area contributed by atoms with Crippen molar-refractivity contribution in [2.45, 2.75) is 51.9 Å². The molecule has 0 radical (unpaired) electrons. The van der Waals surface area contributed by atoms with Crippen LogP contribution in [0.1, 0.15) is 45.7 Å². The van der Waals surface area contributed by atoms with Crippen molar-refractivity contribution in [1.29, 1.82) is 0 Å². The zero-order valence-corrected chi connectivity index (χ0v) is 13.5. The Morgan fingerprint density at radius 1 is 1.20 bits per heavy atom. The molecular weight excluding hydrogens is 250 g/mol. The van der Waals surface area contributed by atoms with Crippen molar-refractivity contribution in [2.75, 3.05) is 20.3 Å². The Kier molecular flexibility index (Phi) is 7.20. The molecule has 0 aromatic heterocycles. The summed E-state index contributed by atoms with van der Waals surface area (Å²) < 4.78 is 11.4. The standard InChI is InChI=1S/C17H29NO2/c1-6-18-16(15-10-8-7-9-11-15)14(2)20-13-12-17(3,4)19-5/h7-11,14,16,18H,6,12-13H2,1-5H3. The highest BCUT2D eigenvalue weighted by Crippen LogP contribution is 2.20. The number of hydrogen-bond donors (Lipinski definition) is 1. The number of methoxy groups -OCH3 is 1. The third-order valence-electron chi connectivity index (χ3n) is 3.69. The van der Waals surface area contributed by atoms with Gasteiger partial charge in [0.05, 0.1) is 17.7 Å². The van der Waals surface area contributed by atoms with E-state index in [9.17, 15) is 0 Å². The minimum Gasteiger partial charge on any atom is -0.379 e. The van der Waals surface area contributed by atoms with E-state index in [1.165, 1.54) is 5.56 Å². The van der Waals surface area contributed by atoms with Gasteiger partial charge in [0.25, 0.3) is 0 Å². The predicted octanol–water partition coefficient (Wildman–Crippen LogP) is 3.56. The molecule has 0 amide bonds. The van der Waals surface area contributed by atoms with E-state index in [0.29, 0.717) is 6.61 Å². The summed E-state index contributed by atoms with van der Waals surface area (Å²) in [6.45, 7) is 10.0. The summed E-state index contributed by atoms with van der Waals surface area (Å²) in [7, 11) is 1.74. The van der Waals surface area contributed by atoms with Gasteiger partial charge in [-0.15, -0.1) is 0 Å². The first-order valence-corrected chi connectivity index (χ1v) is 7.45. The van der Waals surface area contributed by atoms with Crippen molar-refractivity contribution in [2.24, 2.45) is 0 Å². The molecule has 0 aliphatic heterocycles. The molecule has 0 spiro atoms. The van der Waals surface area contributed by atoms with Gasteiger partial charge in [0.1, 0.15) is 0 Å². The zero-order valence-electron chi connectivity index (χ0n) is 13.5. The van der Waals surface area contributed by atoms with E-state index < -0.39 is 0 Å². The summed E-state index contributed by atoms with van der Waals surface area (Å²) in [5, 5.41) is 3.50. The van der Waals surface area contributed by atoms with Crippen LogP contribution in [-0.4, -0.2) is 32.0 Å². The topological polar surface area (TPSA) is 30.5 Å². The monoisotopic (exact) mass is 279 g/mol. The molecule has 0 aliphatic carbocycles. The molecule has 1 aromatic rings. The SMILES string of the molecule is CCNC(c1ccccc1)C(C)OCCC(C)(C)OC. The van der Waals surface area contributed by atoms with Crippen molar-refractivity contribution in [3.8, 4) is 0 Å². The maximum atomic E-state index is 6.01. The number of hydrogen-bond acceptors (Lipinski definition) is 3. The van der Waals surface area contributed by atoms with Crippen LogP contribution in [0.2, 0.25) is 0 Å². The van der Waals surface area contributed by atoms with Crippen molar-refractivity contribution in [3.63, 3.8) is 0 Å². The smallest absolute Gasteiger partial charge is 0.0741 e. The second-order valence-electron chi connectivity index (χ2n) is 5.74. The van der Waals surface area contributed by atoms with Gasteiger partial charge in [-0.2, -0.15) is 0 Å². The van der Waals surface area contributed by atoms with Gasteiger partial charge in [-0.05, 0) is 39.3 Å². The third kappa shape index (κ3) is 5.61. The lowest BCUT2D eigenvalue weighted by Gasteiger charge is -2.28.